The van der Waals surface area contributed by atoms with Crippen molar-refractivity contribution in [2.75, 3.05) is 6.61 Å². The normalized spacial score (nSPS) is 8.24. The van der Waals surface area contributed by atoms with E-state index in [9.17, 15) is 0 Å². The third-order valence-corrected chi connectivity index (χ3v) is 3.10. The largest absolute Gasteiger partial charge is 4.00 e. The minimum Gasteiger partial charge on any atom is -0.855 e. The van der Waals surface area contributed by atoms with E-state index in [2.05, 4.69) is 98.1 Å². The van der Waals surface area contributed by atoms with Crippen LogP contribution in [0.25, 0.3) is 21.5 Å². The summed E-state index contributed by atoms with van der Waals surface area (Å²) in [6.45, 7) is 7.57. The Labute approximate surface area is 171 Å². The van der Waals surface area contributed by atoms with Gasteiger partial charge in [0.1, 0.15) is 0 Å². The molecule has 0 unspecified atom stereocenters. The van der Waals surface area contributed by atoms with E-state index in [1.807, 2.05) is 0 Å². The second kappa shape index (κ2) is 15.8. The Morgan fingerprint density at radius 1 is 0.760 bits per heavy atom. The van der Waals surface area contributed by atoms with Crippen molar-refractivity contribution in [3.63, 3.8) is 0 Å². The van der Waals surface area contributed by atoms with Gasteiger partial charge in [0.15, 0.2) is 0 Å². The Bertz CT molecular complexity index is 656. The van der Waals surface area contributed by atoms with Crippen molar-refractivity contribution < 1.29 is 31.3 Å². The van der Waals surface area contributed by atoms with Gasteiger partial charge in [-0.15, -0.1) is 79.1 Å². The first-order chi connectivity index (χ1) is 11.3. The average molecular weight is 410 g/mol. The van der Waals surface area contributed by atoms with Crippen LogP contribution in [0.1, 0.15) is 6.92 Å². The van der Waals surface area contributed by atoms with Crippen molar-refractivity contribution >= 4 is 21.5 Å². The van der Waals surface area contributed by atoms with Crippen LogP contribution in [0.5, 0.6) is 0 Å². The molecule has 0 fully saturated rings. The van der Waals surface area contributed by atoms with Gasteiger partial charge in [-0.25, -0.2) is 0 Å². The molecule has 0 aliphatic heterocycles. The molecule has 4 aromatic carbocycles. The van der Waals surface area contributed by atoms with Gasteiger partial charge in [-0.1, -0.05) is 19.1 Å². The zero-order chi connectivity index (χ0) is 16.9. The van der Waals surface area contributed by atoms with Crippen LogP contribution < -0.4 is 5.11 Å². The Kier molecular flexibility index (Phi) is 16.1. The molecule has 2 heteroatoms. The maximum Gasteiger partial charge on any atom is 4.00 e. The first-order valence-corrected chi connectivity index (χ1v) is 7.64. The summed E-state index contributed by atoms with van der Waals surface area (Å²) < 4.78 is 0. The second-order valence-electron chi connectivity index (χ2n) is 4.60. The van der Waals surface area contributed by atoms with E-state index in [-0.39, 0.29) is 40.2 Å². The molecule has 0 bridgehead atoms. The summed E-state index contributed by atoms with van der Waals surface area (Å²) in [5.41, 5.74) is 0. The molecule has 4 aromatic rings. The summed E-state index contributed by atoms with van der Waals surface area (Å²) >= 11 is 0. The van der Waals surface area contributed by atoms with E-state index in [0.717, 1.165) is 0 Å². The fraction of sp³-hybridized carbons (Fsp3) is 0.0870. The van der Waals surface area contributed by atoms with Crippen molar-refractivity contribution in [3.8, 4) is 0 Å². The van der Waals surface area contributed by atoms with Gasteiger partial charge in [-0.05, 0) is 0 Å². The minimum atomic E-state index is 0. The van der Waals surface area contributed by atoms with Crippen molar-refractivity contribution in [2.24, 2.45) is 0 Å². The molecule has 4 rings (SSSR count). The maximum atomic E-state index is 8.93. The first kappa shape index (κ1) is 25.5. The molecule has 0 N–H and O–H groups in total. The van der Waals surface area contributed by atoms with Gasteiger partial charge in [0.2, 0.25) is 0 Å². The van der Waals surface area contributed by atoms with E-state index in [1.54, 1.807) is 6.92 Å². The number of rotatable bonds is 0. The molecule has 0 heterocycles. The Balaban J connectivity index is 0. The quantitative estimate of drug-likeness (QED) is 0.268. The van der Waals surface area contributed by atoms with Crippen molar-refractivity contribution in [1.82, 2.24) is 0 Å². The molecule has 0 saturated heterocycles. The Morgan fingerprint density at radius 3 is 1.40 bits per heavy atom. The SMILES string of the molecule is C=C.CC[O-].[CH3-].[Zr+4].c1ccc2[cH-]ccc2c1.c1ccc2[cH-]ccc2c1. The van der Waals surface area contributed by atoms with Crippen molar-refractivity contribution in [2.45, 2.75) is 6.92 Å². The molecule has 0 aliphatic rings. The predicted molar refractivity (Wildman–Crippen MR) is 107 cm³/mol. The number of benzene rings is 2. The zero-order valence-electron chi connectivity index (χ0n) is 15.1. The van der Waals surface area contributed by atoms with Crippen molar-refractivity contribution in [1.29, 1.82) is 0 Å². The Morgan fingerprint density at radius 2 is 1.08 bits per heavy atom. The van der Waals surface area contributed by atoms with Gasteiger partial charge in [0.25, 0.3) is 0 Å². The van der Waals surface area contributed by atoms with E-state index < -0.39 is 0 Å². The number of fused-ring (bicyclic) bond motifs is 2. The summed E-state index contributed by atoms with van der Waals surface area (Å²) in [6, 6.07) is 29.3. The molecule has 0 radical (unpaired) electrons. The third kappa shape index (κ3) is 8.77. The van der Waals surface area contributed by atoms with E-state index >= 15 is 0 Å². The molecular formula is C23H26OZr. The fourth-order valence-electron chi connectivity index (χ4n) is 2.14. The maximum absolute atomic E-state index is 8.93. The molecule has 0 aliphatic carbocycles. The minimum absolute atomic E-state index is 0. The standard InChI is InChI=1S/2C9H7.C2H5O.C2H4.CH3.Zr/c2*1-2-5-9-7-3-6-8(9)4-1;1-2-3;1-2;;/h2*1-7H;2H2,1H3;1-2H2;1H3;/q3*-1;;-1;+4. The summed E-state index contributed by atoms with van der Waals surface area (Å²) in [5, 5.41) is 14.3. The smallest absolute Gasteiger partial charge is 0.855 e. The summed E-state index contributed by atoms with van der Waals surface area (Å²) in [6.07, 6.45) is 0. The van der Waals surface area contributed by atoms with Gasteiger partial charge in [-0.2, -0.15) is 35.0 Å². The molecule has 25 heavy (non-hydrogen) atoms. The van der Waals surface area contributed by atoms with E-state index in [4.69, 9.17) is 5.11 Å². The molecule has 0 saturated carbocycles. The molecule has 0 amide bonds. The van der Waals surface area contributed by atoms with Gasteiger partial charge in [0.05, 0.1) is 0 Å². The van der Waals surface area contributed by atoms with E-state index in [1.165, 1.54) is 21.5 Å². The first-order valence-electron chi connectivity index (χ1n) is 7.64. The molecular weight excluding hydrogens is 383 g/mol. The monoisotopic (exact) mass is 408 g/mol. The predicted octanol–water partition coefficient (Wildman–Crippen LogP) is 5.73. The fourth-order valence-corrected chi connectivity index (χ4v) is 2.14. The summed E-state index contributed by atoms with van der Waals surface area (Å²) in [5.74, 6) is 0. The second-order valence-corrected chi connectivity index (χ2v) is 4.60. The van der Waals surface area contributed by atoms with Crippen LogP contribution in [0.15, 0.2) is 98.1 Å². The van der Waals surface area contributed by atoms with Gasteiger partial charge >= 0.3 is 26.2 Å². The van der Waals surface area contributed by atoms with Crippen LogP contribution in [0, 0.1) is 7.43 Å². The van der Waals surface area contributed by atoms with Crippen LogP contribution in [0.3, 0.4) is 0 Å². The van der Waals surface area contributed by atoms with Crippen LogP contribution >= 0.6 is 0 Å². The number of hydrogen-bond donors (Lipinski definition) is 0. The molecule has 1 nitrogen and oxygen atoms in total. The summed E-state index contributed by atoms with van der Waals surface area (Å²) in [7, 11) is 0. The molecule has 128 valence electrons. The van der Waals surface area contributed by atoms with Crippen LogP contribution in [-0.2, 0) is 26.2 Å². The van der Waals surface area contributed by atoms with Crippen molar-refractivity contribution in [3.05, 3.63) is 106 Å². The topological polar surface area (TPSA) is 23.1 Å². The molecule has 0 spiro atoms. The molecule has 0 aromatic heterocycles. The van der Waals surface area contributed by atoms with Crippen LogP contribution in [0.4, 0.5) is 0 Å². The third-order valence-electron chi connectivity index (χ3n) is 3.10. The molecule has 0 atom stereocenters. The summed E-state index contributed by atoms with van der Waals surface area (Å²) in [4.78, 5) is 0. The average Bonchev–Trinajstić information content (AvgIpc) is 3.27. The van der Waals surface area contributed by atoms with Gasteiger partial charge < -0.3 is 12.5 Å². The van der Waals surface area contributed by atoms with E-state index in [0.29, 0.717) is 0 Å². The Hall–Kier alpha value is -1.76. The number of hydrogen-bond acceptors (Lipinski definition) is 1. The van der Waals surface area contributed by atoms with Crippen LogP contribution in [0.2, 0.25) is 0 Å². The zero-order valence-corrected chi connectivity index (χ0v) is 17.6. The van der Waals surface area contributed by atoms with Gasteiger partial charge in [0, 0.05) is 0 Å². The van der Waals surface area contributed by atoms with Crippen LogP contribution in [-0.4, -0.2) is 6.61 Å². The van der Waals surface area contributed by atoms with Gasteiger partial charge in [-0.3, -0.25) is 0 Å².